The van der Waals surface area contributed by atoms with E-state index in [0.717, 1.165) is 5.39 Å². The molecule has 0 radical (unpaired) electrons. The Morgan fingerprint density at radius 1 is 1.10 bits per heavy atom. The first-order chi connectivity index (χ1) is 9.78. The van der Waals surface area contributed by atoms with Crippen molar-refractivity contribution in [2.45, 2.75) is 6.61 Å². The zero-order valence-electron chi connectivity index (χ0n) is 10.3. The summed E-state index contributed by atoms with van der Waals surface area (Å²) < 4.78 is 5.67. The summed E-state index contributed by atoms with van der Waals surface area (Å²) in [5.41, 5.74) is 1.14. The zero-order chi connectivity index (χ0) is 13.9. The van der Waals surface area contributed by atoms with E-state index in [9.17, 15) is 0 Å². The van der Waals surface area contributed by atoms with Crippen LogP contribution in [0.15, 0.2) is 42.9 Å². The van der Waals surface area contributed by atoms with Crippen molar-refractivity contribution in [2.24, 2.45) is 0 Å². The maximum Gasteiger partial charge on any atom is 0.237 e. The molecule has 0 spiro atoms. The molecule has 1 N–H and O–H groups in total. The van der Waals surface area contributed by atoms with Crippen LogP contribution in [0.1, 0.15) is 5.69 Å². The Morgan fingerprint density at radius 3 is 2.75 bits per heavy atom. The molecule has 0 saturated heterocycles. The van der Waals surface area contributed by atoms with Gasteiger partial charge >= 0.3 is 0 Å². The van der Waals surface area contributed by atoms with Gasteiger partial charge in [0.25, 0.3) is 0 Å². The fourth-order valence-electron chi connectivity index (χ4n) is 1.78. The number of aromatic nitrogens is 3. The molecule has 0 saturated carbocycles. The monoisotopic (exact) mass is 287 g/mol. The van der Waals surface area contributed by atoms with Crippen molar-refractivity contribution in [3.63, 3.8) is 0 Å². The second kappa shape index (κ2) is 5.40. The van der Waals surface area contributed by atoms with E-state index >= 15 is 0 Å². The highest BCUT2D eigenvalue weighted by atomic mass is 35.5. The van der Waals surface area contributed by atoms with Gasteiger partial charge in [0, 0.05) is 11.6 Å². The van der Waals surface area contributed by atoms with Gasteiger partial charge in [-0.15, -0.1) is 0 Å². The first-order valence-electron chi connectivity index (χ1n) is 5.91. The Bertz CT molecular complexity index is 747. The molecule has 6 heteroatoms. The van der Waals surface area contributed by atoms with E-state index in [1.807, 2.05) is 12.1 Å². The van der Waals surface area contributed by atoms with Crippen LogP contribution in [0.4, 0.5) is 0 Å². The van der Waals surface area contributed by atoms with Crippen LogP contribution in [0.5, 0.6) is 11.6 Å². The molecule has 0 bridgehead atoms. The first kappa shape index (κ1) is 12.8. The fraction of sp³-hybridized carbons (Fsp3) is 0.0714. The van der Waals surface area contributed by atoms with Crippen molar-refractivity contribution in [1.82, 2.24) is 15.0 Å². The molecule has 0 amide bonds. The average Bonchev–Trinajstić information content (AvgIpc) is 2.51. The van der Waals surface area contributed by atoms with E-state index in [1.165, 1.54) is 12.4 Å². The Kier molecular flexibility index (Phi) is 3.45. The lowest BCUT2D eigenvalue weighted by Gasteiger charge is -2.08. The van der Waals surface area contributed by atoms with Gasteiger partial charge in [0.2, 0.25) is 5.88 Å². The van der Waals surface area contributed by atoms with Crippen molar-refractivity contribution in [2.75, 3.05) is 0 Å². The molecule has 5 nitrogen and oxygen atoms in total. The van der Waals surface area contributed by atoms with Crippen LogP contribution in [0.2, 0.25) is 5.02 Å². The van der Waals surface area contributed by atoms with Crippen LogP contribution in [-0.4, -0.2) is 20.1 Å². The number of nitrogens with zero attached hydrogens (tertiary/aromatic N) is 3. The Balaban J connectivity index is 2.00. The SMILES string of the molecule is OCc1cnc(Oc2ccc(Cl)c3cccnc23)cn1. The molecule has 0 aliphatic rings. The van der Waals surface area contributed by atoms with Crippen LogP contribution in [0.3, 0.4) is 0 Å². The molecular weight excluding hydrogens is 278 g/mol. The van der Waals surface area contributed by atoms with E-state index in [2.05, 4.69) is 15.0 Å². The predicted octanol–water partition coefficient (Wildman–Crippen LogP) is 2.96. The van der Waals surface area contributed by atoms with Crippen LogP contribution in [-0.2, 0) is 6.61 Å². The molecular formula is C14H10ClN3O2. The molecule has 3 rings (SSSR count). The number of fused-ring (bicyclic) bond motifs is 1. The highest BCUT2D eigenvalue weighted by molar-refractivity contribution is 6.35. The number of rotatable bonds is 3. The summed E-state index contributed by atoms with van der Waals surface area (Å²) in [6.45, 7) is -0.154. The molecule has 1 aromatic carbocycles. The Morgan fingerprint density at radius 2 is 2.00 bits per heavy atom. The summed E-state index contributed by atoms with van der Waals surface area (Å²) in [6.07, 6.45) is 4.59. The minimum atomic E-state index is -0.154. The van der Waals surface area contributed by atoms with Crippen molar-refractivity contribution >= 4 is 22.5 Å². The van der Waals surface area contributed by atoms with E-state index in [1.54, 1.807) is 18.3 Å². The summed E-state index contributed by atoms with van der Waals surface area (Å²) in [6, 6.07) is 7.17. The molecule has 2 aromatic heterocycles. The van der Waals surface area contributed by atoms with E-state index in [4.69, 9.17) is 21.4 Å². The highest BCUT2D eigenvalue weighted by Crippen LogP contribution is 2.31. The van der Waals surface area contributed by atoms with Gasteiger partial charge in [-0.1, -0.05) is 11.6 Å². The molecule has 0 fully saturated rings. The van der Waals surface area contributed by atoms with Gasteiger partial charge in [-0.3, -0.25) is 9.97 Å². The van der Waals surface area contributed by atoms with Gasteiger partial charge < -0.3 is 9.84 Å². The number of ether oxygens (including phenoxy) is 1. The summed E-state index contributed by atoms with van der Waals surface area (Å²) in [7, 11) is 0. The minimum Gasteiger partial charge on any atom is -0.435 e. The number of hydrogen-bond donors (Lipinski definition) is 1. The molecule has 0 unspecified atom stereocenters. The van der Waals surface area contributed by atoms with Crippen LogP contribution >= 0.6 is 11.6 Å². The lowest BCUT2D eigenvalue weighted by molar-refractivity contribution is 0.276. The third-order valence-electron chi connectivity index (χ3n) is 2.74. The van der Waals surface area contributed by atoms with Crippen LogP contribution in [0, 0.1) is 0 Å². The Labute approximate surface area is 119 Å². The molecule has 0 atom stereocenters. The van der Waals surface area contributed by atoms with Crippen molar-refractivity contribution < 1.29 is 9.84 Å². The topological polar surface area (TPSA) is 68.1 Å². The van der Waals surface area contributed by atoms with Gasteiger partial charge in [0.05, 0.1) is 29.7 Å². The lowest BCUT2D eigenvalue weighted by Crippen LogP contribution is -1.94. The van der Waals surface area contributed by atoms with E-state index in [0.29, 0.717) is 27.9 Å². The van der Waals surface area contributed by atoms with Gasteiger partial charge in [-0.05, 0) is 24.3 Å². The van der Waals surface area contributed by atoms with Crippen molar-refractivity contribution in [3.05, 3.63) is 53.6 Å². The lowest BCUT2D eigenvalue weighted by atomic mass is 10.2. The van der Waals surface area contributed by atoms with Crippen molar-refractivity contribution in [1.29, 1.82) is 0 Å². The van der Waals surface area contributed by atoms with E-state index in [-0.39, 0.29) is 6.61 Å². The highest BCUT2D eigenvalue weighted by Gasteiger charge is 2.08. The molecule has 100 valence electrons. The molecule has 3 aromatic rings. The van der Waals surface area contributed by atoms with Crippen LogP contribution < -0.4 is 4.74 Å². The number of aliphatic hydroxyl groups is 1. The number of pyridine rings is 1. The molecule has 0 aliphatic heterocycles. The number of aliphatic hydroxyl groups excluding tert-OH is 1. The summed E-state index contributed by atoms with van der Waals surface area (Å²) >= 11 is 6.12. The van der Waals surface area contributed by atoms with Gasteiger partial charge in [-0.25, -0.2) is 4.98 Å². The van der Waals surface area contributed by atoms with E-state index < -0.39 is 0 Å². The van der Waals surface area contributed by atoms with Gasteiger partial charge in [0.1, 0.15) is 5.52 Å². The summed E-state index contributed by atoms with van der Waals surface area (Å²) in [4.78, 5) is 12.3. The average molecular weight is 288 g/mol. The summed E-state index contributed by atoms with van der Waals surface area (Å²) in [5.74, 6) is 0.882. The third kappa shape index (κ3) is 2.41. The van der Waals surface area contributed by atoms with Gasteiger partial charge in [0.15, 0.2) is 5.75 Å². The zero-order valence-corrected chi connectivity index (χ0v) is 11.1. The maximum atomic E-state index is 8.92. The standard InChI is InChI=1S/C14H10ClN3O2/c15-11-3-4-12(14-10(11)2-1-5-16-14)20-13-7-17-9(8-19)6-18-13/h1-7,19H,8H2. The van der Waals surface area contributed by atoms with Gasteiger partial charge in [-0.2, -0.15) is 0 Å². The summed E-state index contributed by atoms with van der Waals surface area (Å²) in [5, 5.41) is 10.3. The first-order valence-corrected chi connectivity index (χ1v) is 6.28. The number of hydrogen-bond acceptors (Lipinski definition) is 5. The molecule has 20 heavy (non-hydrogen) atoms. The quantitative estimate of drug-likeness (QED) is 0.802. The second-order valence-corrected chi connectivity index (χ2v) is 4.46. The van der Waals surface area contributed by atoms with Crippen molar-refractivity contribution in [3.8, 4) is 11.6 Å². The fourth-order valence-corrected chi connectivity index (χ4v) is 2.00. The number of halogens is 1. The minimum absolute atomic E-state index is 0.154. The molecule has 2 heterocycles. The molecule has 0 aliphatic carbocycles. The number of benzene rings is 1. The smallest absolute Gasteiger partial charge is 0.237 e. The third-order valence-corrected chi connectivity index (χ3v) is 3.07. The maximum absolute atomic E-state index is 8.92. The largest absolute Gasteiger partial charge is 0.435 e. The normalized spacial score (nSPS) is 10.7. The van der Waals surface area contributed by atoms with Crippen LogP contribution in [0.25, 0.3) is 10.9 Å². The second-order valence-electron chi connectivity index (χ2n) is 4.05. The predicted molar refractivity (Wildman–Crippen MR) is 74.8 cm³/mol. The Hall–Kier alpha value is -2.24.